The van der Waals surface area contributed by atoms with E-state index >= 15 is 0 Å². The quantitative estimate of drug-likeness (QED) is 0.562. The molecule has 0 saturated heterocycles. The molecule has 1 aromatic carbocycles. The number of benzene rings is 1. The van der Waals surface area contributed by atoms with E-state index in [2.05, 4.69) is 38.2 Å². The summed E-state index contributed by atoms with van der Waals surface area (Å²) in [7, 11) is 0. The Morgan fingerprint density at radius 3 is 2.44 bits per heavy atom. The van der Waals surface area contributed by atoms with Crippen molar-refractivity contribution in [3.8, 4) is 0 Å². The molecule has 0 saturated carbocycles. The fourth-order valence-corrected chi connectivity index (χ4v) is 1.93. The second-order valence-electron chi connectivity index (χ2n) is 5.08. The Kier molecular flexibility index (Phi) is 6.66. The molecular formula is C16H25NO. The molecule has 2 heteroatoms. The van der Waals surface area contributed by atoms with Gasteiger partial charge in [0.15, 0.2) is 5.78 Å². The molecule has 0 atom stereocenters. The minimum Gasteiger partial charge on any atom is -0.315 e. The first-order valence-electron chi connectivity index (χ1n) is 6.99. The van der Waals surface area contributed by atoms with Gasteiger partial charge in [-0.05, 0) is 24.9 Å². The number of ketones is 1. The molecule has 1 rings (SSSR count). The highest BCUT2D eigenvalue weighted by Gasteiger charge is 2.05. The highest BCUT2D eigenvalue weighted by molar-refractivity contribution is 5.96. The fourth-order valence-electron chi connectivity index (χ4n) is 1.93. The van der Waals surface area contributed by atoms with Gasteiger partial charge in [0.25, 0.3) is 0 Å². The Morgan fingerprint density at radius 2 is 1.89 bits per heavy atom. The molecule has 0 amide bonds. The first-order chi connectivity index (χ1) is 8.63. The molecule has 0 spiro atoms. The van der Waals surface area contributed by atoms with Crippen molar-refractivity contribution in [1.82, 2.24) is 5.32 Å². The fraction of sp³-hybridized carbons (Fsp3) is 0.562. The van der Waals surface area contributed by atoms with Gasteiger partial charge in [-0.2, -0.15) is 0 Å². The third kappa shape index (κ3) is 5.46. The summed E-state index contributed by atoms with van der Waals surface area (Å²) in [4.78, 5) is 11.9. The van der Waals surface area contributed by atoms with Crippen LogP contribution in [-0.2, 0) is 6.42 Å². The van der Waals surface area contributed by atoms with E-state index in [9.17, 15) is 4.79 Å². The number of Topliss-reactive ketones (excluding diaryl/α,β-unsaturated/α-hetero) is 1. The molecule has 0 aliphatic carbocycles. The van der Waals surface area contributed by atoms with Gasteiger partial charge >= 0.3 is 0 Å². The monoisotopic (exact) mass is 247 g/mol. The SMILES string of the molecule is CCCc1ccc(C(=O)CCCNC(C)C)cc1. The number of hydrogen-bond donors (Lipinski definition) is 1. The van der Waals surface area contributed by atoms with Crippen molar-refractivity contribution in [2.24, 2.45) is 0 Å². The van der Waals surface area contributed by atoms with E-state index in [1.165, 1.54) is 5.56 Å². The topological polar surface area (TPSA) is 29.1 Å². The van der Waals surface area contributed by atoms with Gasteiger partial charge in [0.1, 0.15) is 0 Å². The third-order valence-corrected chi connectivity index (χ3v) is 2.95. The lowest BCUT2D eigenvalue weighted by atomic mass is 10.0. The number of aryl methyl sites for hydroxylation is 1. The van der Waals surface area contributed by atoms with Crippen LogP contribution in [0, 0.1) is 0 Å². The van der Waals surface area contributed by atoms with E-state index in [1.807, 2.05) is 12.1 Å². The first-order valence-corrected chi connectivity index (χ1v) is 6.99. The van der Waals surface area contributed by atoms with E-state index in [0.29, 0.717) is 12.5 Å². The maximum absolute atomic E-state index is 11.9. The molecule has 1 N–H and O–H groups in total. The summed E-state index contributed by atoms with van der Waals surface area (Å²) >= 11 is 0. The summed E-state index contributed by atoms with van der Waals surface area (Å²) in [6.07, 6.45) is 3.78. The van der Waals surface area contributed by atoms with Crippen molar-refractivity contribution in [1.29, 1.82) is 0 Å². The van der Waals surface area contributed by atoms with E-state index in [4.69, 9.17) is 0 Å². The van der Waals surface area contributed by atoms with Crippen LogP contribution < -0.4 is 5.32 Å². The molecule has 0 aliphatic heterocycles. The predicted molar refractivity (Wildman–Crippen MR) is 77.1 cm³/mol. The van der Waals surface area contributed by atoms with E-state index in [0.717, 1.165) is 31.4 Å². The van der Waals surface area contributed by atoms with Crippen LogP contribution in [0.1, 0.15) is 56.0 Å². The molecule has 0 bridgehead atoms. The van der Waals surface area contributed by atoms with Crippen LogP contribution in [0.2, 0.25) is 0 Å². The van der Waals surface area contributed by atoms with Gasteiger partial charge in [-0.3, -0.25) is 4.79 Å². The highest BCUT2D eigenvalue weighted by Crippen LogP contribution is 2.09. The van der Waals surface area contributed by atoms with Crippen LogP contribution in [-0.4, -0.2) is 18.4 Å². The van der Waals surface area contributed by atoms with Gasteiger partial charge in [0, 0.05) is 18.0 Å². The second-order valence-corrected chi connectivity index (χ2v) is 5.08. The summed E-state index contributed by atoms with van der Waals surface area (Å²) in [5.74, 6) is 0.253. The van der Waals surface area contributed by atoms with E-state index in [-0.39, 0.29) is 5.78 Å². The van der Waals surface area contributed by atoms with Gasteiger partial charge in [-0.15, -0.1) is 0 Å². The number of hydrogen-bond acceptors (Lipinski definition) is 2. The Hall–Kier alpha value is -1.15. The van der Waals surface area contributed by atoms with Crippen molar-refractivity contribution in [2.75, 3.05) is 6.54 Å². The van der Waals surface area contributed by atoms with Crippen molar-refractivity contribution in [2.45, 2.75) is 52.5 Å². The summed E-state index contributed by atoms with van der Waals surface area (Å²) in [5, 5.41) is 3.33. The maximum atomic E-state index is 11.9. The maximum Gasteiger partial charge on any atom is 0.162 e. The molecule has 0 radical (unpaired) electrons. The number of rotatable bonds is 8. The summed E-state index contributed by atoms with van der Waals surface area (Å²) in [6.45, 7) is 7.32. The summed E-state index contributed by atoms with van der Waals surface area (Å²) in [6, 6.07) is 8.56. The zero-order chi connectivity index (χ0) is 13.4. The van der Waals surface area contributed by atoms with Crippen molar-refractivity contribution in [3.63, 3.8) is 0 Å². The zero-order valence-electron chi connectivity index (χ0n) is 11.8. The molecule has 0 fully saturated rings. The Labute approximate surface area is 111 Å². The van der Waals surface area contributed by atoms with Crippen molar-refractivity contribution >= 4 is 5.78 Å². The van der Waals surface area contributed by atoms with E-state index in [1.54, 1.807) is 0 Å². The molecule has 0 aliphatic rings. The Morgan fingerprint density at radius 1 is 1.22 bits per heavy atom. The smallest absolute Gasteiger partial charge is 0.162 e. The van der Waals surface area contributed by atoms with Crippen LogP contribution in [0.15, 0.2) is 24.3 Å². The van der Waals surface area contributed by atoms with Crippen molar-refractivity contribution < 1.29 is 4.79 Å². The van der Waals surface area contributed by atoms with Crippen LogP contribution in [0.5, 0.6) is 0 Å². The normalized spacial score (nSPS) is 10.9. The zero-order valence-corrected chi connectivity index (χ0v) is 11.8. The van der Waals surface area contributed by atoms with Gasteiger partial charge in [0.2, 0.25) is 0 Å². The molecule has 0 unspecified atom stereocenters. The average molecular weight is 247 g/mol. The van der Waals surface area contributed by atoms with Gasteiger partial charge in [0.05, 0.1) is 0 Å². The minimum absolute atomic E-state index is 0.253. The Bertz CT molecular complexity index is 354. The van der Waals surface area contributed by atoms with Crippen LogP contribution in [0.4, 0.5) is 0 Å². The predicted octanol–water partition coefficient (Wildman–Crippen LogP) is 3.60. The van der Waals surface area contributed by atoms with E-state index < -0.39 is 0 Å². The molecule has 0 heterocycles. The Balaban J connectivity index is 2.37. The molecule has 18 heavy (non-hydrogen) atoms. The lowest BCUT2D eigenvalue weighted by Gasteiger charge is -2.07. The lowest BCUT2D eigenvalue weighted by molar-refractivity contribution is 0.0980. The molecule has 2 nitrogen and oxygen atoms in total. The minimum atomic E-state index is 0.253. The standard InChI is InChI=1S/C16H25NO/c1-4-6-14-8-10-15(11-9-14)16(18)7-5-12-17-13(2)3/h8-11,13,17H,4-7,12H2,1-3H3. The third-order valence-electron chi connectivity index (χ3n) is 2.95. The second kappa shape index (κ2) is 8.04. The molecular weight excluding hydrogens is 222 g/mol. The summed E-state index contributed by atoms with van der Waals surface area (Å²) in [5.41, 5.74) is 2.16. The van der Waals surface area contributed by atoms with Crippen molar-refractivity contribution in [3.05, 3.63) is 35.4 Å². The number of carbonyl (C=O) groups excluding carboxylic acids is 1. The van der Waals surface area contributed by atoms with Gasteiger partial charge < -0.3 is 5.32 Å². The molecule has 100 valence electrons. The molecule has 1 aromatic rings. The lowest BCUT2D eigenvalue weighted by Crippen LogP contribution is -2.24. The number of nitrogens with one attached hydrogen (secondary N) is 1. The van der Waals surface area contributed by atoms with Crippen LogP contribution >= 0.6 is 0 Å². The van der Waals surface area contributed by atoms with Crippen LogP contribution in [0.25, 0.3) is 0 Å². The van der Waals surface area contributed by atoms with Gasteiger partial charge in [-0.1, -0.05) is 51.5 Å². The highest BCUT2D eigenvalue weighted by atomic mass is 16.1. The average Bonchev–Trinajstić information content (AvgIpc) is 2.35. The largest absolute Gasteiger partial charge is 0.315 e. The number of carbonyl (C=O) groups is 1. The first kappa shape index (κ1) is 14.9. The summed E-state index contributed by atoms with van der Waals surface area (Å²) < 4.78 is 0. The van der Waals surface area contributed by atoms with Gasteiger partial charge in [-0.25, -0.2) is 0 Å². The van der Waals surface area contributed by atoms with Crippen LogP contribution in [0.3, 0.4) is 0 Å². The molecule has 0 aromatic heterocycles.